The lowest BCUT2D eigenvalue weighted by atomic mass is 10.0. The maximum absolute atomic E-state index is 12.8. The van der Waals surface area contributed by atoms with Gasteiger partial charge in [0, 0.05) is 12.3 Å². The zero-order valence-corrected chi connectivity index (χ0v) is 19.9. The SMILES string of the molecule is CCCCNc1nc(SCCC)nc2c1nnn2[C@@H]1C[C@H](C(=O)NC2CONC2=O)[C@@H](O)[C@H]1O. The maximum atomic E-state index is 12.8. The van der Waals surface area contributed by atoms with Gasteiger partial charge in [0.1, 0.15) is 18.8 Å². The van der Waals surface area contributed by atoms with E-state index in [1.807, 2.05) is 0 Å². The van der Waals surface area contributed by atoms with Gasteiger partial charge >= 0.3 is 0 Å². The van der Waals surface area contributed by atoms with Crippen LogP contribution in [0, 0.1) is 5.92 Å². The third kappa shape index (κ3) is 4.94. The van der Waals surface area contributed by atoms with Crippen LogP contribution >= 0.6 is 11.8 Å². The van der Waals surface area contributed by atoms with Gasteiger partial charge in [0.25, 0.3) is 5.91 Å². The van der Waals surface area contributed by atoms with Crippen molar-refractivity contribution in [3.63, 3.8) is 0 Å². The summed E-state index contributed by atoms with van der Waals surface area (Å²) in [6, 6.07) is -1.57. The van der Waals surface area contributed by atoms with E-state index in [4.69, 9.17) is 4.84 Å². The minimum atomic E-state index is -1.34. The summed E-state index contributed by atoms with van der Waals surface area (Å²) in [5.41, 5.74) is 3.06. The Labute approximate surface area is 200 Å². The van der Waals surface area contributed by atoms with Crippen LogP contribution in [-0.4, -0.2) is 84.1 Å². The number of carbonyl (C=O) groups is 2. The molecule has 14 heteroatoms. The zero-order chi connectivity index (χ0) is 24.2. The van der Waals surface area contributed by atoms with Crippen molar-refractivity contribution in [2.24, 2.45) is 5.92 Å². The van der Waals surface area contributed by atoms with Crippen LogP contribution in [0.25, 0.3) is 11.2 Å². The molecule has 1 saturated heterocycles. The van der Waals surface area contributed by atoms with Crippen LogP contribution in [0.4, 0.5) is 5.82 Å². The Balaban J connectivity index is 1.59. The van der Waals surface area contributed by atoms with Gasteiger partial charge in [-0.05, 0) is 19.3 Å². The molecule has 4 rings (SSSR count). The Kier molecular flexibility index (Phi) is 7.80. The number of nitrogens with one attached hydrogen (secondary N) is 3. The minimum absolute atomic E-state index is 0.00395. The number of thioether (sulfide) groups is 1. The molecule has 2 aromatic rings. The van der Waals surface area contributed by atoms with E-state index in [9.17, 15) is 19.8 Å². The van der Waals surface area contributed by atoms with Gasteiger partial charge in [-0.1, -0.05) is 37.2 Å². The molecule has 2 fully saturated rings. The highest BCUT2D eigenvalue weighted by atomic mass is 32.2. The second-order valence-corrected chi connectivity index (χ2v) is 9.48. The summed E-state index contributed by atoms with van der Waals surface area (Å²) in [5.74, 6) is -0.534. The number of aliphatic hydroxyl groups is 2. The van der Waals surface area contributed by atoms with Gasteiger partial charge in [-0.2, -0.15) is 0 Å². The number of fused-ring (bicyclic) bond motifs is 1. The predicted molar refractivity (Wildman–Crippen MR) is 123 cm³/mol. The summed E-state index contributed by atoms with van der Waals surface area (Å²) < 4.78 is 1.46. The topological polar surface area (TPSA) is 176 Å². The molecule has 186 valence electrons. The highest BCUT2D eigenvalue weighted by Gasteiger charge is 2.48. The summed E-state index contributed by atoms with van der Waals surface area (Å²) >= 11 is 1.51. The number of anilines is 1. The molecule has 1 aliphatic carbocycles. The van der Waals surface area contributed by atoms with Gasteiger partial charge in [-0.25, -0.2) is 20.1 Å². The van der Waals surface area contributed by atoms with Crippen molar-refractivity contribution in [3.05, 3.63) is 0 Å². The molecule has 3 heterocycles. The number of hydrogen-bond acceptors (Lipinski definition) is 11. The van der Waals surface area contributed by atoms with Crippen molar-refractivity contribution in [3.8, 4) is 0 Å². The largest absolute Gasteiger partial charge is 0.390 e. The number of aliphatic hydroxyl groups excluding tert-OH is 2. The second-order valence-electron chi connectivity index (χ2n) is 8.42. The van der Waals surface area contributed by atoms with Gasteiger partial charge in [0.05, 0.1) is 18.1 Å². The van der Waals surface area contributed by atoms with Crippen LogP contribution in [-0.2, 0) is 14.4 Å². The summed E-state index contributed by atoms with van der Waals surface area (Å²) in [6.45, 7) is 4.89. The summed E-state index contributed by atoms with van der Waals surface area (Å²) in [4.78, 5) is 38.5. The first-order chi connectivity index (χ1) is 16.4. The molecule has 1 unspecified atom stereocenters. The van der Waals surface area contributed by atoms with Gasteiger partial charge in [-0.3, -0.25) is 14.4 Å². The van der Waals surface area contributed by atoms with E-state index < -0.39 is 42.0 Å². The molecule has 5 atom stereocenters. The van der Waals surface area contributed by atoms with E-state index in [1.54, 1.807) is 0 Å². The number of rotatable bonds is 10. The molecule has 34 heavy (non-hydrogen) atoms. The lowest BCUT2D eigenvalue weighted by Gasteiger charge is -2.18. The standard InChI is InChI=1S/C20H30N8O5S/c1-3-5-6-21-16-13-17(24-20(23-16)34-7-4-2)28(27-25-13)12-8-10(14(29)15(12)30)18(31)22-11-9-33-26-19(11)32/h10-12,14-15,29-30H,3-9H2,1-2H3,(H,22,31)(H,26,32)(H,21,23,24)/t10-,11?,12+,14+,15-/m0/s1. The molecular formula is C20H30N8O5S. The molecule has 0 bridgehead atoms. The summed E-state index contributed by atoms with van der Waals surface area (Å²) in [5, 5.41) is 36.3. The number of nitrogens with zero attached hydrogens (tertiary/aromatic N) is 5. The van der Waals surface area contributed by atoms with Gasteiger partial charge < -0.3 is 20.8 Å². The molecule has 5 N–H and O–H groups in total. The van der Waals surface area contributed by atoms with Gasteiger partial charge in [0.15, 0.2) is 22.1 Å². The number of unbranched alkanes of at least 4 members (excludes halogenated alkanes) is 1. The van der Waals surface area contributed by atoms with Crippen LogP contribution < -0.4 is 16.1 Å². The molecule has 2 aliphatic rings. The third-order valence-electron chi connectivity index (χ3n) is 5.92. The van der Waals surface area contributed by atoms with Crippen LogP contribution in [0.15, 0.2) is 5.16 Å². The molecule has 0 spiro atoms. The first-order valence-electron chi connectivity index (χ1n) is 11.5. The average molecular weight is 495 g/mol. The molecular weight excluding hydrogens is 464 g/mol. The van der Waals surface area contributed by atoms with Crippen molar-refractivity contribution in [2.75, 3.05) is 24.2 Å². The Bertz CT molecular complexity index is 1040. The van der Waals surface area contributed by atoms with Crippen LogP contribution in [0.2, 0.25) is 0 Å². The summed E-state index contributed by atoms with van der Waals surface area (Å²) in [7, 11) is 0. The Morgan fingerprint density at radius 2 is 2.09 bits per heavy atom. The zero-order valence-electron chi connectivity index (χ0n) is 19.1. The predicted octanol–water partition coefficient (Wildman–Crippen LogP) is -0.236. The summed E-state index contributed by atoms with van der Waals surface area (Å²) in [6.07, 6.45) is 0.430. The molecule has 2 amide bonds. The van der Waals surface area contributed by atoms with E-state index in [2.05, 4.69) is 50.2 Å². The lowest BCUT2D eigenvalue weighted by Crippen LogP contribution is -2.46. The van der Waals surface area contributed by atoms with Crippen molar-refractivity contribution >= 4 is 40.6 Å². The van der Waals surface area contributed by atoms with E-state index in [0.717, 1.165) is 31.6 Å². The molecule has 1 aliphatic heterocycles. The average Bonchev–Trinajstić information content (AvgIpc) is 3.51. The molecule has 0 radical (unpaired) electrons. The highest BCUT2D eigenvalue weighted by Crippen LogP contribution is 2.37. The lowest BCUT2D eigenvalue weighted by molar-refractivity contribution is -0.133. The number of hydrogen-bond donors (Lipinski definition) is 5. The van der Waals surface area contributed by atoms with Crippen LogP contribution in [0.1, 0.15) is 45.6 Å². The number of carbonyl (C=O) groups excluding carboxylic acids is 2. The van der Waals surface area contributed by atoms with E-state index >= 15 is 0 Å². The molecule has 1 saturated carbocycles. The molecule has 2 aromatic heterocycles. The fraction of sp³-hybridized carbons (Fsp3) is 0.700. The fourth-order valence-corrected chi connectivity index (χ4v) is 4.73. The Hall–Kier alpha value is -2.55. The van der Waals surface area contributed by atoms with Crippen LogP contribution in [0.3, 0.4) is 0 Å². The normalized spacial score (nSPS) is 26.7. The Morgan fingerprint density at radius 1 is 1.26 bits per heavy atom. The first kappa shape index (κ1) is 24.6. The van der Waals surface area contributed by atoms with E-state index in [0.29, 0.717) is 22.1 Å². The van der Waals surface area contributed by atoms with E-state index in [1.165, 1.54) is 16.4 Å². The Morgan fingerprint density at radius 3 is 2.79 bits per heavy atom. The van der Waals surface area contributed by atoms with Crippen molar-refractivity contribution in [1.82, 2.24) is 35.8 Å². The van der Waals surface area contributed by atoms with Crippen molar-refractivity contribution in [2.45, 2.75) is 69.0 Å². The van der Waals surface area contributed by atoms with Gasteiger partial charge in [0.2, 0.25) is 5.91 Å². The number of hydroxylamine groups is 1. The molecule has 0 aromatic carbocycles. The number of aromatic nitrogens is 5. The highest BCUT2D eigenvalue weighted by molar-refractivity contribution is 7.99. The van der Waals surface area contributed by atoms with Gasteiger partial charge in [-0.15, -0.1) is 5.10 Å². The maximum Gasteiger partial charge on any atom is 0.268 e. The van der Waals surface area contributed by atoms with Crippen molar-refractivity contribution < 1.29 is 24.6 Å². The van der Waals surface area contributed by atoms with Crippen molar-refractivity contribution in [1.29, 1.82) is 0 Å². The van der Waals surface area contributed by atoms with E-state index in [-0.39, 0.29) is 13.0 Å². The quantitative estimate of drug-likeness (QED) is 0.167. The second kappa shape index (κ2) is 10.8. The smallest absolute Gasteiger partial charge is 0.268 e. The minimum Gasteiger partial charge on any atom is -0.390 e. The number of amides is 2. The first-order valence-corrected chi connectivity index (χ1v) is 12.5. The fourth-order valence-electron chi connectivity index (χ4n) is 4.04. The van der Waals surface area contributed by atoms with Crippen LogP contribution in [0.5, 0.6) is 0 Å². The molecule has 13 nitrogen and oxygen atoms in total. The monoisotopic (exact) mass is 494 g/mol. The third-order valence-corrected chi connectivity index (χ3v) is 6.97.